The van der Waals surface area contributed by atoms with Crippen molar-refractivity contribution in [2.24, 2.45) is 0 Å². The van der Waals surface area contributed by atoms with Gasteiger partial charge in [-0.25, -0.2) is 5.92 Å². The van der Waals surface area contributed by atoms with Crippen molar-refractivity contribution in [1.29, 1.82) is 0 Å². The third kappa shape index (κ3) is 7.21. The zero-order valence-corrected chi connectivity index (χ0v) is 14.3. The minimum Gasteiger partial charge on any atom is -0.335 e. The first kappa shape index (κ1) is 18.0. The van der Waals surface area contributed by atoms with Gasteiger partial charge in [0.2, 0.25) is 0 Å². The number of hydrogen-bond donors (Lipinski definition) is 0. The van der Waals surface area contributed by atoms with Crippen LogP contribution in [0.3, 0.4) is 0 Å². The topological polar surface area (TPSA) is 0 Å². The van der Waals surface area contributed by atoms with Gasteiger partial charge in [-0.2, -0.15) is 38.3 Å². The summed E-state index contributed by atoms with van der Waals surface area (Å²) in [6.07, 6.45) is 2.00. The van der Waals surface area contributed by atoms with Crippen molar-refractivity contribution < 1.29 is 32.7 Å². The van der Waals surface area contributed by atoms with Crippen molar-refractivity contribution in [3.63, 3.8) is 0 Å². The van der Waals surface area contributed by atoms with Crippen LogP contribution in [0.2, 0.25) is 0 Å². The van der Waals surface area contributed by atoms with Crippen LogP contribution in [-0.4, -0.2) is 0 Å². The van der Waals surface area contributed by atoms with Gasteiger partial charge in [0.25, 0.3) is 0 Å². The van der Waals surface area contributed by atoms with E-state index in [2.05, 4.69) is 24.8 Å². The second-order valence-electron chi connectivity index (χ2n) is 3.76. The standard InChI is InChI=1S/C15H10.C3H7.Y/c1-13-7-5-6-10-15(13)12-11-14-8-3-2-4-9-14;1-3-2;/h2-8,10H,1H2;3H,1-2H3;/q-2;-1;+3. The minimum atomic E-state index is 0. The monoisotopic (exact) mass is 322 g/mol. The van der Waals surface area contributed by atoms with E-state index in [-0.39, 0.29) is 32.7 Å². The molecule has 0 saturated carbocycles. The van der Waals surface area contributed by atoms with Crippen LogP contribution in [0.15, 0.2) is 48.5 Å². The molecule has 1 heteroatoms. The summed E-state index contributed by atoms with van der Waals surface area (Å²) in [5.74, 6) is 6.14. The van der Waals surface area contributed by atoms with Gasteiger partial charge in [0.15, 0.2) is 0 Å². The molecule has 0 aromatic heterocycles. The summed E-state index contributed by atoms with van der Waals surface area (Å²) in [5.41, 5.74) is 2.83. The Hall–Kier alpha value is -1.03. The van der Waals surface area contributed by atoms with E-state index < -0.39 is 0 Å². The van der Waals surface area contributed by atoms with Gasteiger partial charge in [0.1, 0.15) is 0 Å². The van der Waals surface area contributed by atoms with Gasteiger partial charge in [-0.3, -0.25) is 0 Å². The van der Waals surface area contributed by atoms with Crippen molar-refractivity contribution >= 4 is 0 Å². The molecule has 0 aliphatic rings. The number of rotatable bonds is 0. The van der Waals surface area contributed by atoms with E-state index in [0.717, 1.165) is 16.7 Å². The van der Waals surface area contributed by atoms with Gasteiger partial charge in [0, 0.05) is 0 Å². The number of benzene rings is 2. The summed E-state index contributed by atoms with van der Waals surface area (Å²) in [7, 11) is 0. The van der Waals surface area contributed by atoms with Crippen LogP contribution in [0, 0.1) is 31.3 Å². The molecule has 2 aromatic carbocycles. The largest absolute Gasteiger partial charge is 3.00 e. The fraction of sp³-hybridized carbons (Fsp3) is 0.111. The first-order valence-electron chi connectivity index (χ1n) is 5.91. The molecule has 0 aliphatic heterocycles. The molecular formula is C18H17Y. The van der Waals surface area contributed by atoms with Crippen LogP contribution in [0.1, 0.15) is 30.5 Å². The molecule has 0 radical (unpaired) electrons. The molecule has 19 heavy (non-hydrogen) atoms. The summed E-state index contributed by atoms with van der Waals surface area (Å²) >= 11 is 0. The Kier molecular flexibility index (Phi) is 10.3. The molecule has 0 N–H and O–H groups in total. The first-order valence-corrected chi connectivity index (χ1v) is 5.91. The van der Waals surface area contributed by atoms with Gasteiger partial charge >= 0.3 is 32.7 Å². The third-order valence-electron chi connectivity index (χ3n) is 2.06. The summed E-state index contributed by atoms with van der Waals surface area (Å²) in [6.45, 7) is 7.92. The van der Waals surface area contributed by atoms with E-state index >= 15 is 0 Å². The second kappa shape index (κ2) is 10.9. The second-order valence-corrected chi connectivity index (χ2v) is 3.76. The molecule has 0 unspecified atom stereocenters. The van der Waals surface area contributed by atoms with Gasteiger partial charge in [-0.15, -0.1) is 48.0 Å². The van der Waals surface area contributed by atoms with Crippen LogP contribution in [0.4, 0.5) is 0 Å². The molecule has 0 aliphatic carbocycles. The predicted molar refractivity (Wildman–Crippen MR) is 77.8 cm³/mol. The summed E-state index contributed by atoms with van der Waals surface area (Å²) in [5, 5.41) is 0. The third-order valence-corrected chi connectivity index (χ3v) is 2.06. The molecule has 0 heterocycles. The molecule has 2 aromatic rings. The molecule has 0 spiro atoms. The average molecular weight is 322 g/mol. The zero-order valence-electron chi connectivity index (χ0n) is 11.5. The zero-order chi connectivity index (χ0) is 13.2. The Morgan fingerprint density at radius 3 is 2.21 bits per heavy atom. The maximum atomic E-state index is 3.92. The van der Waals surface area contributed by atoms with E-state index in [1.54, 1.807) is 0 Å². The summed E-state index contributed by atoms with van der Waals surface area (Å²) < 4.78 is 0. The molecule has 0 nitrogen and oxygen atoms in total. The fourth-order valence-corrected chi connectivity index (χ4v) is 1.25. The van der Waals surface area contributed by atoms with Crippen LogP contribution in [-0.2, 0) is 32.7 Å². The van der Waals surface area contributed by atoms with E-state index in [0.29, 0.717) is 0 Å². The van der Waals surface area contributed by atoms with Gasteiger partial charge < -0.3 is 6.42 Å². The van der Waals surface area contributed by atoms with Gasteiger partial charge in [-0.05, 0) is 0 Å². The van der Waals surface area contributed by atoms with Crippen LogP contribution in [0.25, 0.3) is 0 Å². The van der Waals surface area contributed by atoms with Crippen molar-refractivity contribution in [1.82, 2.24) is 0 Å². The molecule has 0 amide bonds. The molecule has 0 atom stereocenters. The minimum absolute atomic E-state index is 0. The van der Waals surface area contributed by atoms with Crippen molar-refractivity contribution in [3.05, 3.63) is 84.6 Å². The smallest absolute Gasteiger partial charge is 0.335 e. The van der Waals surface area contributed by atoms with E-state index in [1.807, 2.05) is 68.8 Å². The molecule has 92 valence electrons. The normalized spacial score (nSPS) is 8.11. The maximum absolute atomic E-state index is 3.92. The Morgan fingerprint density at radius 1 is 1.00 bits per heavy atom. The van der Waals surface area contributed by atoms with E-state index in [4.69, 9.17) is 0 Å². The Morgan fingerprint density at radius 2 is 1.63 bits per heavy atom. The molecule has 2 rings (SSSR count). The summed E-state index contributed by atoms with van der Waals surface area (Å²) in [6, 6.07) is 18.6. The average Bonchev–Trinajstić information content (AvgIpc) is 2.40. The molecule has 0 bridgehead atoms. The first-order chi connectivity index (χ1) is 8.77. The predicted octanol–water partition coefficient (Wildman–Crippen LogP) is 4.30. The van der Waals surface area contributed by atoms with Crippen LogP contribution >= 0.6 is 0 Å². The Bertz CT molecular complexity index is 518. The maximum Gasteiger partial charge on any atom is 3.00 e. The van der Waals surface area contributed by atoms with Gasteiger partial charge in [-0.1, -0.05) is 11.6 Å². The fourth-order valence-electron chi connectivity index (χ4n) is 1.25. The summed E-state index contributed by atoms with van der Waals surface area (Å²) in [4.78, 5) is 0. The Labute approximate surface area is 142 Å². The van der Waals surface area contributed by atoms with Crippen molar-refractivity contribution in [3.8, 4) is 11.8 Å². The molecular weight excluding hydrogens is 305 g/mol. The number of hydrogen-bond acceptors (Lipinski definition) is 0. The van der Waals surface area contributed by atoms with Crippen LogP contribution < -0.4 is 0 Å². The van der Waals surface area contributed by atoms with E-state index in [9.17, 15) is 0 Å². The Balaban J connectivity index is 0.000000742. The van der Waals surface area contributed by atoms with E-state index in [1.165, 1.54) is 0 Å². The van der Waals surface area contributed by atoms with Crippen LogP contribution in [0.5, 0.6) is 0 Å². The van der Waals surface area contributed by atoms with Crippen molar-refractivity contribution in [2.45, 2.75) is 13.8 Å². The molecule has 0 saturated heterocycles. The quantitative estimate of drug-likeness (QED) is 0.501. The van der Waals surface area contributed by atoms with Gasteiger partial charge in [0.05, 0.1) is 0 Å². The SMILES string of the molecule is C[CH-]C.[CH2-]c1ccccc1C#Cc1[c-]cccc1.[Y+3]. The van der Waals surface area contributed by atoms with Crippen molar-refractivity contribution in [2.75, 3.05) is 0 Å². The molecule has 0 fully saturated rings.